The van der Waals surface area contributed by atoms with E-state index in [1.807, 2.05) is 24.3 Å². The van der Waals surface area contributed by atoms with E-state index in [0.717, 1.165) is 22.3 Å². The predicted molar refractivity (Wildman–Crippen MR) is 94.5 cm³/mol. The highest BCUT2D eigenvalue weighted by Gasteiger charge is 2.20. The molecule has 0 amide bonds. The van der Waals surface area contributed by atoms with Crippen molar-refractivity contribution in [1.29, 1.82) is 0 Å². The second kappa shape index (κ2) is 6.75. The number of carbonyl (C=O) groups excluding carboxylic acids is 1. The van der Waals surface area contributed by atoms with Crippen molar-refractivity contribution in [2.75, 3.05) is 11.5 Å². The molecule has 2 aromatic carbocycles. The first-order valence-corrected chi connectivity index (χ1v) is 8.39. The van der Waals surface area contributed by atoms with Crippen molar-refractivity contribution in [2.24, 2.45) is 0 Å². The summed E-state index contributed by atoms with van der Waals surface area (Å²) in [7, 11) is 0. The maximum atomic E-state index is 12.6. The SMILES string of the molecule is O=C1/C(=C/c2cccc(O)c2)CSC/C1=C/c1cccc(O)c1. The van der Waals surface area contributed by atoms with Gasteiger partial charge in [0.25, 0.3) is 0 Å². The van der Waals surface area contributed by atoms with Gasteiger partial charge >= 0.3 is 0 Å². The quantitative estimate of drug-likeness (QED) is 0.823. The van der Waals surface area contributed by atoms with Gasteiger partial charge in [-0.15, -0.1) is 0 Å². The summed E-state index contributed by atoms with van der Waals surface area (Å²) in [6.45, 7) is 0. The first-order valence-electron chi connectivity index (χ1n) is 7.23. The lowest BCUT2D eigenvalue weighted by atomic mass is 10.0. The van der Waals surface area contributed by atoms with Gasteiger partial charge in [0.2, 0.25) is 0 Å². The van der Waals surface area contributed by atoms with E-state index in [-0.39, 0.29) is 17.3 Å². The number of aromatic hydroxyl groups is 2. The topological polar surface area (TPSA) is 57.5 Å². The molecule has 3 rings (SSSR count). The summed E-state index contributed by atoms with van der Waals surface area (Å²) in [5, 5.41) is 19.1. The molecule has 0 spiro atoms. The van der Waals surface area contributed by atoms with Gasteiger partial charge in [0, 0.05) is 22.7 Å². The van der Waals surface area contributed by atoms with Gasteiger partial charge in [0.15, 0.2) is 5.78 Å². The number of hydrogen-bond acceptors (Lipinski definition) is 4. The van der Waals surface area contributed by atoms with E-state index >= 15 is 0 Å². The van der Waals surface area contributed by atoms with Gasteiger partial charge in [-0.2, -0.15) is 11.8 Å². The maximum Gasteiger partial charge on any atom is 0.186 e. The van der Waals surface area contributed by atoms with Gasteiger partial charge in [0.1, 0.15) is 11.5 Å². The Morgan fingerprint density at radius 1 is 0.826 bits per heavy atom. The van der Waals surface area contributed by atoms with Gasteiger partial charge in [-0.1, -0.05) is 24.3 Å². The van der Waals surface area contributed by atoms with Gasteiger partial charge in [-0.05, 0) is 47.5 Å². The average Bonchev–Trinajstić information content (AvgIpc) is 2.51. The van der Waals surface area contributed by atoms with Crippen LogP contribution in [0, 0.1) is 0 Å². The molecule has 1 heterocycles. The van der Waals surface area contributed by atoms with Crippen LogP contribution in [0.5, 0.6) is 11.5 Å². The van der Waals surface area contributed by atoms with Gasteiger partial charge in [-0.3, -0.25) is 4.79 Å². The molecule has 1 saturated heterocycles. The van der Waals surface area contributed by atoms with Crippen LogP contribution >= 0.6 is 11.8 Å². The molecule has 116 valence electrons. The van der Waals surface area contributed by atoms with Crippen molar-refractivity contribution in [3.63, 3.8) is 0 Å². The fraction of sp³-hybridized carbons (Fsp3) is 0.105. The molecule has 0 saturated carbocycles. The number of Topliss-reactive ketones (excluding diaryl/α,β-unsaturated/α-hetero) is 1. The number of hydrogen-bond donors (Lipinski definition) is 2. The first-order chi connectivity index (χ1) is 11.1. The molecule has 3 nitrogen and oxygen atoms in total. The minimum Gasteiger partial charge on any atom is -0.508 e. The molecule has 2 aromatic rings. The van der Waals surface area contributed by atoms with E-state index in [1.54, 1.807) is 48.2 Å². The molecule has 1 aliphatic rings. The Morgan fingerprint density at radius 3 is 1.74 bits per heavy atom. The van der Waals surface area contributed by atoms with Crippen LogP contribution in [0.15, 0.2) is 59.7 Å². The van der Waals surface area contributed by atoms with Crippen LogP contribution < -0.4 is 0 Å². The van der Waals surface area contributed by atoms with Crippen LogP contribution in [0.1, 0.15) is 11.1 Å². The van der Waals surface area contributed by atoms with Crippen LogP contribution in [0.4, 0.5) is 0 Å². The molecule has 4 heteroatoms. The van der Waals surface area contributed by atoms with E-state index in [2.05, 4.69) is 0 Å². The van der Waals surface area contributed by atoms with E-state index in [0.29, 0.717) is 11.5 Å². The van der Waals surface area contributed by atoms with Gasteiger partial charge in [-0.25, -0.2) is 0 Å². The largest absolute Gasteiger partial charge is 0.508 e. The number of thioether (sulfide) groups is 1. The van der Waals surface area contributed by atoms with Crippen LogP contribution in [-0.4, -0.2) is 27.5 Å². The van der Waals surface area contributed by atoms with Crippen molar-refractivity contribution in [1.82, 2.24) is 0 Å². The van der Waals surface area contributed by atoms with E-state index in [4.69, 9.17) is 0 Å². The lowest BCUT2D eigenvalue weighted by molar-refractivity contribution is -0.112. The summed E-state index contributed by atoms with van der Waals surface area (Å²) in [6.07, 6.45) is 3.65. The number of ketones is 1. The van der Waals surface area contributed by atoms with Crippen molar-refractivity contribution in [2.45, 2.75) is 0 Å². The molecule has 1 aliphatic heterocycles. The highest BCUT2D eigenvalue weighted by Crippen LogP contribution is 2.28. The minimum atomic E-state index is 0.0236. The lowest BCUT2D eigenvalue weighted by Gasteiger charge is -2.16. The molecule has 0 aliphatic carbocycles. The third-order valence-corrected chi connectivity index (χ3v) is 4.55. The highest BCUT2D eigenvalue weighted by molar-refractivity contribution is 7.99. The summed E-state index contributed by atoms with van der Waals surface area (Å²) in [5.74, 6) is 1.71. The van der Waals surface area contributed by atoms with Crippen LogP contribution in [-0.2, 0) is 4.79 Å². The Balaban J connectivity index is 1.89. The van der Waals surface area contributed by atoms with Crippen molar-refractivity contribution in [3.8, 4) is 11.5 Å². The molecule has 0 unspecified atom stereocenters. The normalized spacial score (nSPS) is 18.5. The minimum absolute atomic E-state index is 0.0236. The molecule has 0 bridgehead atoms. The standard InChI is InChI=1S/C19H16O3S/c20-17-5-1-3-13(9-17)7-15-11-23-12-16(19(15)22)8-14-4-2-6-18(21)10-14/h1-10,20-21H,11-12H2/b15-7-,16-8+. The molecule has 0 radical (unpaired) electrons. The Kier molecular flexibility index (Phi) is 4.53. The maximum absolute atomic E-state index is 12.6. The van der Waals surface area contributed by atoms with Crippen molar-refractivity contribution in [3.05, 3.63) is 70.8 Å². The fourth-order valence-electron chi connectivity index (χ4n) is 2.45. The number of benzene rings is 2. The Morgan fingerprint density at radius 2 is 1.30 bits per heavy atom. The number of phenols is 2. The van der Waals surface area contributed by atoms with Crippen LogP contribution in [0.3, 0.4) is 0 Å². The zero-order valence-corrected chi connectivity index (χ0v) is 13.2. The second-order valence-electron chi connectivity index (χ2n) is 5.35. The third kappa shape index (κ3) is 3.85. The summed E-state index contributed by atoms with van der Waals surface area (Å²) in [4.78, 5) is 12.6. The first kappa shape index (κ1) is 15.4. The molecule has 0 aromatic heterocycles. The molecule has 23 heavy (non-hydrogen) atoms. The summed E-state index contributed by atoms with van der Waals surface area (Å²) in [5.41, 5.74) is 3.07. The van der Waals surface area contributed by atoms with E-state index in [1.165, 1.54) is 0 Å². The second-order valence-corrected chi connectivity index (χ2v) is 6.34. The summed E-state index contributed by atoms with van der Waals surface area (Å²) < 4.78 is 0. The Bertz CT molecular complexity index is 740. The number of carbonyl (C=O) groups is 1. The lowest BCUT2D eigenvalue weighted by Crippen LogP contribution is -2.16. The molecular formula is C19H16O3S. The Labute approximate surface area is 139 Å². The molecule has 2 N–H and O–H groups in total. The third-order valence-electron chi connectivity index (χ3n) is 3.52. The number of rotatable bonds is 2. The smallest absolute Gasteiger partial charge is 0.186 e. The summed E-state index contributed by atoms with van der Waals surface area (Å²) >= 11 is 1.68. The zero-order valence-electron chi connectivity index (χ0n) is 12.4. The monoisotopic (exact) mass is 324 g/mol. The van der Waals surface area contributed by atoms with Crippen LogP contribution in [0.25, 0.3) is 12.2 Å². The Hall–Kier alpha value is -2.46. The average molecular weight is 324 g/mol. The van der Waals surface area contributed by atoms with E-state index < -0.39 is 0 Å². The number of phenolic OH excluding ortho intramolecular Hbond substituents is 2. The predicted octanol–water partition coefficient (Wildman–Crippen LogP) is 3.88. The molecule has 0 atom stereocenters. The van der Waals surface area contributed by atoms with Crippen molar-refractivity contribution < 1.29 is 15.0 Å². The van der Waals surface area contributed by atoms with Gasteiger partial charge < -0.3 is 10.2 Å². The highest BCUT2D eigenvalue weighted by atomic mass is 32.2. The zero-order chi connectivity index (χ0) is 16.2. The fourth-order valence-corrected chi connectivity index (χ4v) is 3.42. The van der Waals surface area contributed by atoms with Crippen LogP contribution in [0.2, 0.25) is 0 Å². The molecule has 1 fully saturated rings. The van der Waals surface area contributed by atoms with E-state index in [9.17, 15) is 15.0 Å². The van der Waals surface area contributed by atoms with Gasteiger partial charge in [0.05, 0.1) is 0 Å². The van der Waals surface area contributed by atoms with Crippen molar-refractivity contribution >= 4 is 29.7 Å². The summed E-state index contributed by atoms with van der Waals surface area (Å²) in [6, 6.07) is 13.7. The molecular weight excluding hydrogens is 308 g/mol.